The molecule has 0 spiro atoms. The van der Waals surface area contributed by atoms with Crippen LogP contribution < -0.4 is 10.6 Å². The van der Waals surface area contributed by atoms with E-state index in [0.29, 0.717) is 11.6 Å². The van der Waals surface area contributed by atoms with E-state index in [-0.39, 0.29) is 12.1 Å². The van der Waals surface area contributed by atoms with E-state index in [2.05, 4.69) is 20.8 Å². The maximum Gasteiger partial charge on any atom is 0.320 e. The van der Waals surface area contributed by atoms with Gasteiger partial charge in [-0.05, 0) is 31.5 Å². The number of anilines is 1. The summed E-state index contributed by atoms with van der Waals surface area (Å²) in [5.74, 6) is 1.03. The molecule has 1 atom stereocenters. The smallest absolute Gasteiger partial charge is 0.320 e. The fourth-order valence-corrected chi connectivity index (χ4v) is 2.22. The zero-order valence-corrected chi connectivity index (χ0v) is 12.9. The third kappa shape index (κ3) is 3.57. The summed E-state index contributed by atoms with van der Waals surface area (Å²) in [5, 5.41) is 9.23. The molecule has 0 radical (unpaired) electrons. The number of hydrogen-bond acceptors (Lipinski definition) is 4. The number of carbonyl (C=O) groups is 1. The Kier molecular flexibility index (Phi) is 4.09. The number of nitrogens with one attached hydrogen (secondary N) is 2. The van der Waals surface area contributed by atoms with Gasteiger partial charge in [-0.15, -0.1) is 0 Å². The Bertz CT molecular complexity index is 794. The zero-order chi connectivity index (χ0) is 16.2. The summed E-state index contributed by atoms with van der Waals surface area (Å²) in [4.78, 5) is 16.0. The normalized spacial score (nSPS) is 11.9. The molecule has 0 saturated heterocycles. The van der Waals surface area contributed by atoms with Crippen LogP contribution in [-0.2, 0) is 0 Å². The first-order valence-electron chi connectivity index (χ1n) is 7.21. The Morgan fingerprint density at radius 3 is 2.91 bits per heavy atom. The second-order valence-corrected chi connectivity index (χ2v) is 5.21. The Morgan fingerprint density at radius 2 is 2.22 bits per heavy atom. The molecular weight excluding hydrogens is 294 g/mol. The van der Waals surface area contributed by atoms with Crippen molar-refractivity contribution >= 4 is 11.8 Å². The Morgan fingerprint density at radius 1 is 1.35 bits per heavy atom. The van der Waals surface area contributed by atoms with Gasteiger partial charge < -0.3 is 14.4 Å². The van der Waals surface area contributed by atoms with Crippen molar-refractivity contribution in [3.8, 4) is 5.69 Å². The van der Waals surface area contributed by atoms with Crippen LogP contribution in [0.1, 0.15) is 24.3 Å². The molecule has 3 rings (SSSR count). The molecule has 23 heavy (non-hydrogen) atoms. The van der Waals surface area contributed by atoms with Gasteiger partial charge in [0.1, 0.15) is 5.76 Å². The van der Waals surface area contributed by atoms with Crippen LogP contribution in [0.4, 0.5) is 10.6 Å². The molecule has 0 fully saturated rings. The van der Waals surface area contributed by atoms with Gasteiger partial charge in [0, 0.05) is 24.1 Å². The van der Waals surface area contributed by atoms with Crippen LogP contribution in [-0.4, -0.2) is 20.7 Å². The molecule has 0 aliphatic carbocycles. The fraction of sp³-hybridized carbons (Fsp3) is 0.188. The van der Waals surface area contributed by atoms with Crippen LogP contribution in [0.15, 0.2) is 53.6 Å². The van der Waals surface area contributed by atoms with Crippen LogP contribution in [0.25, 0.3) is 5.69 Å². The fourth-order valence-electron chi connectivity index (χ4n) is 2.22. The summed E-state index contributed by atoms with van der Waals surface area (Å²) in [6.45, 7) is 3.68. The largest absolute Gasteiger partial charge is 0.360 e. The Hall–Kier alpha value is -3.09. The van der Waals surface area contributed by atoms with E-state index in [1.807, 2.05) is 42.0 Å². The lowest BCUT2D eigenvalue weighted by molar-refractivity contribution is 0.249. The minimum Gasteiger partial charge on any atom is -0.360 e. The van der Waals surface area contributed by atoms with Crippen LogP contribution in [0.2, 0.25) is 0 Å². The third-order valence-electron chi connectivity index (χ3n) is 3.39. The van der Waals surface area contributed by atoms with Crippen molar-refractivity contribution in [2.75, 3.05) is 5.32 Å². The third-order valence-corrected chi connectivity index (χ3v) is 3.39. The molecule has 2 heterocycles. The van der Waals surface area contributed by atoms with Gasteiger partial charge in [0.2, 0.25) is 0 Å². The van der Waals surface area contributed by atoms with Gasteiger partial charge in [-0.25, -0.2) is 9.78 Å². The summed E-state index contributed by atoms with van der Waals surface area (Å²) in [6, 6.07) is 9.06. The summed E-state index contributed by atoms with van der Waals surface area (Å²) in [6.07, 6.45) is 5.33. The number of benzene rings is 1. The number of carbonyl (C=O) groups excluding carboxylic acids is 1. The lowest BCUT2D eigenvalue weighted by Crippen LogP contribution is -2.31. The predicted molar refractivity (Wildman–Crippen MR) is 85.4 cm³/mol. The summed E-state index contributed by atoms with van der Waals surface area (Å²) < 4.78 is 6.82. The number of urea groups is 1. The average molecular weight is 311 g/mol. The van der Waals surface area contributed by atoms with Gasteiger partial charge in [0.05, 0.1) is 12.4 Å². The maximum atomic E-state index is 12.0. The molecule has 3 aromatic rings. The second-order valence-electron chi connectivity index (χ2n) is 5.21. The van der Waals surface area contributed by atoms with Gasteiger partial charge in [-0.2, -0.15) is 0 Å². The van der Waals surface area contributed by atoms with Gasteiger partial charge in [-0.3, -0.25) is 5.32 Å². The molecule has 2 aromatic heterocycles. The van der Waals surface area contributed by atoms with Gasteiger partial charge in [-0.1, -0.05) is 17.3 Å². The zero-order valence-electron chi connectivity index (χ0n) is 12.9. The number of aryl methyl sites for hydroxylation is 1. The molecule has 7 nitrogen and oxygen atoms in total. The topological polar surface area (TPSA) is 85.0 Å². The number of hydrogen-bond donors (Lipinski definition) is 2. The molecule has 0 saturated carbocycles. The number of amides is 2. The maximum absolute atomic E-state index is 12.0. The highest BCUT2D eigenvalue weighted by molar-refractivity contribution is 5.88. The highest BCUT2D eigenvalue weighted by Crippen LogP contribution is 2.17. The van der Waals surface area contributed by atoms with Crippen molar-refractivity contribution in [2.45, 2.75) is 19.9 Å². The number of nitrogens with zero attached hydrogens (tertiary/aromatic N) is 3. The minimum absolute atomic E-state index is 0.161. The number of aromatic nitrogens is 3. The lowest BCUT2D eigenvalue weighted by Gasteiger charge is -2.15. The molecule has 1 unspecified atom stereocenters. The summed E-state index contributed by atoms with van der Waals surface area (Å²) in [7, 11) is 0. The molecule has 1 aromatic carbocycles. The molecule has 0 aliphatic heterocycles. The van der Waals surface area contributed by atoms with Crippen LogP contribution in [0.3, 0.4) is 0 Å². The van der Waals surface area contributed by atoms with Gasteiger partial charge in [0.25, 0.3) is 0 Å². The van der Waals surface area contributed by atoms with Crippen molar-refractivity contribution in [3.05, 3.63) is 60.4 Å². The van der Waals surface area contributed by atoms with Crippen molar-refractivity contribution in [1.29, 1.82) is 0 Å². The molecular formula is C16H17N5O2. The second kappa shape index (κ2) is 6.35. The quantitative estimate of drug-likeness (QED) is 0.775. The molecule has 2 N–H and O–H groups in total. The van der Waals surface area contributed by atoms with Crippen molar-refractivity contribution in [3.63, 3.8) is 0 Å². The lowest BCUT2D eigenvalue weighted by atomic mass is 10.1. The molecule has 7 heteroatoms. The van der Waals surface area contributed by atoms with E-state index in [9.17, 15) is 4.79 Å². The molecule has 0 bridgehead atoms. The molecule has 0 aliphatic rings. The number of rotatable bonds is 4. The van der Waals surface area contributed by atoms with E-state index in [0.717, 1.165) is 11.3 Å². The van der Waals surface area contributed by atoms with E-state index >= 15 is 0 Å². The average Bonchev–Trinajstić information content (AvgIpc) is 3.19. The van der Waals surface area contributed by atoms with Crippen LogP contribution >= 0.6 is 0 Å². The molecule has 118 valence electrons. The molecule has 2 amide bonds. The first kappa shape index (κ1) is 14.8. The van der Waals surface area contributed by atoms with Gasteiger partial charge in [0.15, 0.2) is 5.82 Å². The van der Waals surface area contributed by atoms with E-state index in [4.69, 9.17) is 4.52 Å². The Balaban J connectivity index is 1.67. The van der Waals surface area contributed by atoms with E-state index in [1.54, 1.807) is 25.5 Å². The minimum atomic E-state index is -0.334. The standard InChI is InChI=1S/C16H17N5O2/c1-11-8-15(20-23-11)19-16(22)18-12(2)13-4-3-5-14(9-13)21-7-6-17-10-21/h3-10,12H,1-2H3,(H2,18,19,20,22). The van der Waals surface area contributed by atoms with Crippen molar-refractivity contribution in [1.82, 2.24) is 20.0 Å². The van der Waals surface area contributed by atoms with E-state index < -0.39 is 0 Å². The summed E-state index contributed by atoms with van der Waals surface area (Å²) in [5.41, 5.74) is 1.98. The highest BCUT2D eigenvalue weighted by atomic mass is 16.5. The van der Waals surface area contributed by atoms with E-state index in [1.165, 1.54) is 0 Å². The monoisotopic (exact) mass is 311 g/mol. The summed E-state index contributed by atoms with van der Waals surface area (Å²) >= 11 is 0. The SMILES string of the molecule is Cc1cc(NC(=O)NC(C)c2cccc(-n3ccnc3)c2)no1. The van der Waals surface area contributed by atoms with Crippen molar-refractivity contribution < 1.29 is 9.32 Å². The number of imidazole rings is 1. The van der Waals surface area contributed by atoms with Crippen LogP contribution in [0.5, 0.6) is 0 Å². The first-order chi connectivity index (χ1) is 11.1. The van der Waals surface area contributed by atoms with Crippen molar-refractivity contribution in [2.24, 2.45) is 0 Å². The first-order valence-corrected chi connectivity index (χ1v) is 7.21. The van der Waals surface area contributed by atoms with Crippen LogP contribution in [0, 0.1) is 6.92 Å². The highest BCUT2D eigenvalue weighted by Gasteiger charge is 2.12. The Labute approximate surface area is 133 Å². The van der Waals surface area contributed by atoms with Gasteiger partial charge >= 0.3 is 6.03 Å². The predicted octanol–water partition coefficient (Wildman–Crippen LogP) is 3.05.